The summed E-state index contributed by atoms with van der Waals surface area (Å²) in [5.41, 5.74) is 1.11. The van der Waals surface area contributed by atoms with Crippen LogP contribution in [0.15, 0.2) is 23.2 Å². The molecule has 0 bridgehead atoms. The molecular weight excluding hydrogens is 495 g/mol. The Morgan fingerprint density at radius 1 is 1.20 bits per heavy atom. The quantitative estimate of drug-likeness (QED) is 0.273. The van der Waals surface area contributed by atoms with Crippen LogP contribution in [0.25, 0.3) is 0 Å². The Balaban J connectivity index is 0.00000450. The second-order valence-corrected chi connectivity index (χ2v) is 7.60. The number of nitrogens with one attached hydrogen (secondary N) is 2. The first-order chi connectivity index (χ1) is 14.1. The third-order valence-corrected chi connectivity index (χ3v) is 5.14. The van der Waals surface area contributed by atoms with Crippen molar-refractivity contribution in [2.24, 2.45) is 10.9 Å². The molecule has 1 heterocycles. The largest absolute Gasteiger partial charge is 0.493 e. The number of benzene rings is 1. The van der Waals surface area contributed by atoms with Crippen LogP contribution in [-0.2, 0) is 11.3 Å². The van der Waals surface area contributed by atoms with E-state index in [0.29, 0.717) is 25.1 Å². The van der Waals surface area contributed by atoms with Gasteiger partial charge in [-0.2, -0.15) is 0 Å². The molecule has 1 aromatic rings. The predicted molar refractivity (Wildman–Crippen MR) is 133 cm³/mol. The fraction of sp³-hybridized carbons (Fsp3) is 0.682. The van der Waals surface area contributed by atoms with Gasteiger partial charge >= 0.3 is 0 Å². The Bertz CT molecular complexity index is 637. The van der Waals surface area contributed by atoms with Crippen LogP contribution < -0.4 is 20.1 Å². The van der Waals surface area contributed by atoms with Crippen LogP contribution >= 0.6 is 24.0 Å². The number of morpholine rings is 1. The Morgan fingerprint density at radius 3 is 2.53 bits per heavy atom. The molecule has 1 aliphatic rings. The summed E-state index contributed by atoms with van der Waals surface area (Å²) < 4.78 is 16.7. The monoisotopic (exact) mass is 534 g/mol. The molecule has 1 aromatic carbocycles. The van der Waals surface area contributed by atoms with Crippen molar-refractivity contribution in [1.29, 1.82) is 0 Å². The molecule has 1 fully saturated rings. The topological polar surface area (TPSA) is 67.4 Å². The average Bonchev–Trinajstić information content (AvgIpc) is 2.75. The molecule has 0 saturated carbocycles. The number of nitrogens with zero attached hydrogens (tertiary/aromatic N) is 2. The van der Waals surface area contributed by atoms with E-state index in [-0.39, 0.29) is 24.0 Å². The van der Waals surface area contributed by atoms with Crippen molar-refractivity contribution in [3.8, 4) is 11.5 Å². The maximum Gasteiger partial charge on any atom is 0.191 e. The minimum Gasteiger partial charge on any atom is -0.493 e. The second kappa shape index (κ2) is 14.7. The van der Waals surface area contributed by atoms with E-state index in [2.05, 4.69) is 47.4 Å². The highest BCUT2D eigenvalue weighted by Gasteiger charge is 2.23. The lowest BCUT2D eigenvalue weighted by Crippen LogP contribution is -2.52. The molecule has 0 aromatic heterocycles. The lowest BCUT2D eigenvalue weighted by molar-refractivity contribution is 0.00752. The van der Waals surface area contributed by atoms with Crippen molar-refractivity contribution >= 4 is 29.9 Å². The normalized spacial score (nSPS) is 16.0. The van der Waals surface area contributed by atoms with E-state index < -0.39 is 0 Å². The Morgan fingerprint density at radius 2 is 1.93 bits per heavy atom. The van der Waals surface area contributed by atoms with Gasteiger partial charge in [0.25, 0.3) is 0 Å². The highest BCUT2D eigenvalue weighted by Crippen LogP contribution is 2.28. The molecule has 2 N–H and O–H groups in total. The van der Waals surface area contributed by atoms with Crippen LogP contribution in [0, 0.1) is 5.92 Å². The molecule has 2 rings (SSSR count). The summed E-state index contributed by atoms with van der Waals surface area (Å²) in [5.74, 6) is 2.89. The van der Waals surface area contributed by atoms with E-state index in [1.54, 1.807) is 14.2 Å². The first kappa shape index (κ1) is 26.8. The second-order valence-electron chi connectivity index (χ2n) is 7.60. The number of methoxy groups -OCH3 is 1. The number of ether oxygens (including phenoxy) is 3. The molecule has 0 radical (unpaired) electrons. The van der Waals surface area contributed by atoms with Crippen molar-refractivity contribution in [2.75, 3.05) is 53.6 Å². The van der Waals surface area contributed by atoms with E-state index in [1.165, 1.54) is 0 Å². The van der Waals surface area contributed by atoms with Crippen molar-refractivity contribution in [1.82, 2.24) is 15.5 Å². The number of aliphatic imine (C=N–C) groups is 1. The zero-order valence-corrected chi connectivity index (χ0v) is 21.4. The Hall–Kier alpha value is -1.26. The van der Waals surface area contributed by atoms with E-state index in [4.69, 9.17) is 14.2 Å². The van der Waals surface area contributed by atoms with Crippen LogP contribution in [-0.4, -0.2) is 70.5 Å². The molecule has 172 valence electrons. The summed E-state index contributed by atoms with van der Waals surface area (Å²) in [6, 6.07) is 6.48. The van der Waals surface area contributed by atoms with Crippen LogP contribution in [0.2, 0.25) is 0 Å². The van der Waals surface area contributed by atoms with Crippen LogP contribution in [0.4, 0.5) is 0 Å². The Kier molecular flexibility index (Phi) is 13.1. The molecule has 1 aliphatic heterocycles. The van der Waals surface area contributed by atoms with Gasteiger partial charge in [-0.05, 0) is 30.0 Å². The highest BCUT2D eigenvalue weighted by molar-refractivity contribution is 14.0. The fourth-order valence-corrected chi connectivity index (χ4v) is 3.46. The molecule has 0 aliphatic carbocycles. The van der Waals surface area contributed by atoms with Crippen LogP contribution in [0.5, 0.6) is 11.5 Å². The lowest BCUT2D eigenvalue weighted by atomic mass is 10.0. The summed E-state index contributed by atoms with van der Waals surface area (Å²) in [7, 11) is 3.47. The maximum absolute atomic E-state index is 5.73. The first-order valence-electron chi connectivity index (χ1n) is 10.6. The number of halogens is 1. The standard InChI is InChI=1S/C22H38N4O3.HI/c1-6-11-29-20-8-7-18(14-21(20)27-5)15-24-22(23-4)25-16-19(17(2)3)26-9-12-28-13-10-26;/h7-8,14,17,19H,6,9-13,15-16H2,1-5H3,(H2,23,24,25);1H. The van der Waals surface area contributed by atoms with Gasteiger partial charge in [0, 0.05) is 39.3 Å². The average molecular weight is 534 g/mol. The lowest BCUT2D eigenvalue weighted by Gasteiger charge is -2.37. The number of rotatable bonds is 10. The zero-order chi connectivity index (χ0) is 21.1. The van der Waals surface area contributed by atoms with Gasteiger partial charge in [0.05, 0.1) is 26.9 Å². The third kappa shape index (κ3) is 8.47. The molecule has 0 spiro atoms. The van der Waals surface area contributed by atoms with E-state index in [0.717, 1.165) is 62.3 Å². The summed E-state index contributed by atoms with van der Waals surface area (Å²) in [4.78, 5) is 6.88. The van der Waals surface area contributed by atoms with Crippen LogP contribution in [0.1, 0.15) is 32.8 Å². The SMILES string of the molecule is CCCOc1ccc(CNC(=NC)NCC(C(C)C)N2CCOCC2)cc1OC.I. The van der Waals surface area contributed by atoms with Crippen LogP contribution in [0.3, 0.4) is 0 Å². The molecule has 1 saturated heterocycles. The minimum absolute atomic E-state index is 0. The van der Waals surface area contributed by atoms with Gasteiger partial charge in [-0.3, -0.25) is 9.89 Å². The molecule has 30 heavy (non-hydrogen) atoms. The number of hydrogen-bond acceptors (Lipinski definition) is 5. The van der Waals surface area contributed by atoms with Gasteiger partial charge in [0.15, 0.2) is 17.5 Å². The maximum atomic E-state index is 5.73. The van der Waals surface area contributed by atoms with Gasteiger partial charge in [-0.1, -0.05) is 26.8 Å². The first-order valence-corrected chi connectivity index (χ1v) is 10.6. The van der Waals surface area contributed by atoms with Gasteiger partial charge < -0.3 is 24.8 Å². The number of hydrogen-bond donors (Lipinski definition) is 2. The Labute approximate surface area is 199 Å². The van der Waals surface area contributed by atoms with Crippen molar-refractivity contribution in [2.45, 2.75) is 39.8 Å². The van der Waals surface area contributed by atoms with Gasteiger partial charge in [0.2, 0.25) is 0 Å². The summed E-state index contributed by atoms with van der Waals surface area (Å²) in [5, 5.41) is 6.88. The molecule has 1 atom stereocenters. The van der Waals surface area contributed by atoms with E-state index in [1.807, 2.05) is 12.1 Å². The molecule has 1 unspecified atom stereocenters. The number of guanidine groups is 1. The van der Waals surface area contributed by atoms with Gasteiger partial charge in [-0.25, -0.2) is 0 Å². The summed E-state index contributed by atoms with van der Waals surface area (Å²) in [6.07, 6.45) is 0.969. The predicted octanol–water partition coefficient (Wildman–Crippen LogP) is 3.12. The fourth-order valence-electron chi connectivity index (χ4n) is 3.46. The van der Waals surface area contributed by atoms with Crippen molar-refractivity contribution in [3.05, 3.63) is 23.8 Å². The molecule has 7 nitrogen and oxygen atoms in total. The highest BCUT2D eigenvalue weighted by atomic mass is 127. The van der Waals surface area contributed by atoms with Crippen molar-refractivity contribution in [3.63, 3.8) is 0 Å². The van der Waals surface area contributed by atoms with E-state index >= 15 is 0 Å². The van der Waals surface area contributed by atoms with E-state index in [9.17, 15) is 0 Å². The smallest absolute Gasteiger partial charge is 0.191 e. The molecule has 8 heteroatoms. The van der Waals surface area contributed by atoms with Crippen molar-refractivity contribution < 1.29 is 14.2 Å². The summed E-state index contributed by atoms with van der Waals surface area (Å²) >= 11 is 0. The van der Waals surface area contributed by atoms with Gasteiger partial charge in [-0.15, -0.1) is 24.0 Å². The molecular formula is C22H39IN4O3. The minimum atomic E-state index is 0. The zero-order valence-electron chi connectivity index (χ0n) is 19.1. The molecule has 0 amide bonds. The third-order valence-electron chi connectivity index (χ3n) is 5.14. The van der Waals surface area contributed by atoms with Gasteiger partial charge in [0.1, 0.15) is 0 Å². The summed E-state index contributed by atoms with van der Waals surface area (Å²) in [6.45, 7) is 12.4.